The van der Waals surface area contributed by atoms with Crippen molar-refractivity contribution < 1.29 is 19.4 Å². The molecule has 2 aliphatic carbocycles. The zero-order chi connectivity index (χ0) is 13.5. The van der Waals surface area contributed by atoms with Gasteiger partial charge in [-0.25, -0.2) is 0 Å². The van der Waals surface area contributed by atoms with E-state index in [1.54, 1.807) is 0 Å². The van der Waals surface area contributed by atoms with Gasteiger partial charge in [-0.1, -0.05) is 0 Å². The van der Waals surface area contributed by atoms with Crippen molar-refractivity contribution in [3.8, 4) is 0 Å². The number of ether oxygens (including phenoxy) is 2. The number of carbonyl (C=O) groups excluding carboxylic acids is 1. The average Bonchev–Trinajstić information content (AvgIpc) is 2.71. The molecule has 1 fully saturated rings. The Hall–Kier alpha value is -1.03. The van der Waals surface area contributed by atoms with Crippen molar-refractivity contribution in [2.45, 2.75) is 64.8 Å². The normalized spacial score (nSPS) is 31.5. The third-order valence-electron chi connectivity index (χ3n) is 3.47. The molecule has 0 aromatic rings. The Morgan fingerprint density at radius 1 is 1.22 bits per heavy atom. The van der Waals surface area contributed by atoms with Crippen molar-refractivity contribution in [2.24, 2.45) is 5.92 Å². The Morgan fingerprint density at radius 3 is 2.39 bits per heavy atom. The highest BCUT2D eigenvalue weighted by molar-refractivity contribution is 6.00. The predicted octanol–water partition coefficient (Wildman–Crippen LogP) is 2.16. The molecule has 102 valence electrons. The zero-order valence-corrected chi connectivity index (χ0v) is 11.5. The van der Waals surface area contributed by atoms with Crippen molar-refractivity contribution in [3.63, 3.8) is 0 Å². The van der Waals surface area contributed by atoms with Gasteiger partial charge in [-0.15, -0.1) is 0 Å². The summed E-state index contributed by atoms with van der Waals surface area (Å²) in [6.07, 6.45) is 1.97. The van der Waals surface area contributed by atoms with Gasteiger partial charge in [0.1, 0.15) is 5.60 Å². The molecule has 0 unspecified atom stereocenters. The molecule has 0 heterocycles. The molecule has 18 heavy (non-hydrogen) atoms. The van der Waals surface area contributed by atoms with Gasteiger partial charge in [0.2, 0.25) is 11.5 Å². The van der Waals surface area contributed by atoms with Gasteiger partial charge in [-0.05, 0) is 47.0 Å². The molecular weight excluding hydrogens is 232 g/mol. The van der Waals surface area contributed by atoms with Crippen LogP contribution in [0.3, 0.4) is 0 Å². The first-order valence-corrected chi connectivity index (χ1v) is 6.71. The third-order valence-corrected chi connectivity index (χ3v) is 3.47. The van der Waals surface area contributed by atoms with Gasteiger partial charge in [-0.2, -0.15) is 0 Å². The molecule has 0 radical (unpaired) electrons. The maximum Gasteiger partial charge on any atom is 0.207 e. The number of fused-ring (bicyclic) bond motifs is 1. The summed E-state index contributed by atoms with van der Waals surface area (Å²) in [5.41, 5.74) is -1.13. The van der Waals surface area contributed by atoms with Crippen LogP contribution in [0.2, 0.25) is 0 Å². The Morgan fingerprint density at radius 2 is 1.83 bits per heavy atom. The molecule has 1 saturated carbocycles. The average molecular weight is 254 g/mol. The molecule has 2 aliphatic rings. The molecule has 0 aromatic heterocycles. The van der Waals surface area contributed by atoms with Crippen LogP contribution in [0.25, 0.3) is 0 Å². The van der Waals surface area contributed by atoms with E-state index in [2.05, 4.69) is 0 Å². The largest absolute Gasteiger partial charge is 0.488 e. The van der Waals surface area contributed by atoms with Crippen LogP contribution in [-0.4, -0.2) is 28.7 Å². The van der Waals surface area contributed by atoms with Crippen molar-refractivity contribution >= 4 is 5.78 Å². The third kappa shape index (κ3) is 2.03. The van der Waals surface area contributed by atoms with E-state index in [0.717, 1.165) is 6.42 Å². The molecule has 1 N–H and O–H groups in total. The topological polar surface area (TPSA) is 55.8 Å². The molecule has 0 bridgehead atoms. The van der Waals surface area contributed by atoms with Gasteiger partial charge in [0.25, 0.3) is 0 Å². The highest BCUT2D eigenvalue weighted by Gasteiger charge is 2.58. The van der Waals surface area contributed by atoms with Gasteiger partial charge in [-0.3, -0.25) is 4.79 Å². The van der Waals surface area contributed by atoms with Crippen LogP contribution in [0.15, 0.2) is 11.5 Å². The van der Waals surface area contributed by atoms with Gasteiger partial charge in [0.15, 0.2) is 5.76 Å². The first-order chi connectivity index (χ1) is 8.36. The zero-order valence-electron chi connectivity index (χ0n) is 11.5. The van der Waals surface area contributed by atoms with Crippen LogP contribution in [0, 0.1) is 5.92 Å². The van der Waals surface area contributed by atoms with Crippen LogP contribution in [0.5, 0.6) is 0 Å². The van der Waals surface area contributed by atoms with Gasteiger partial charge < -0.3 is 14.6 Å². The highest BCUT2D eigenvalue weighted by Crippen LogP contribution is 2.49. The minimum Gasteiger partial charge on any atom is -0.488 e. The fourth-order valence-electron chi connectivity index (χ4n) is 2.81. The number of hydrogen-bond donors (Lipinski definition) is 1. The second kappa shape index (κ2) is 4.57. The lowest BCUT2D eigenvalue weighted by Gasteiger charge is -2.26. The summed E-state index contributed by atoms with van der Waals surface area (Å²) in [5, 5.41) is 10.7. The first-order valence-electron chi connectivity index (χ1n) is 6.71. The lowest BCUT2D eigenvalue weighted by atomic mass is 9.93. The number of Topliss-reactive ketones (excluding diaryl/α,β-unsaturated/α-hetero) is 1. The summed E-state index contributed by atoms with van der Waals surface area (Å²) in [5.74, 6) is 0.129. The van der Waals surface area contributed by atoms with E-state index < -0.39 is 5.60 Å². The minimum absolute atomic E-state index is 0.0815. The minimum atomic E-state index is -1.13. The summed E-state index contributed by atoms with van der Waals surface area (Å²) in [7, 11) is 0. The van der Waals surface area contributed by atoms with Crippen LogP contribution in [-0.2, 0) is 14.3 Å². The number of hydrogen-bond acceptors (Lipinski definition) is 4. The van der Waals surface area contributed by atoms with E-state index in [1.165, 1.54) is 0 Å². The Labute approximate surface area is 108 Å². The molecular formula is C14H22O4. The first kappa shape index (κ1) is 13.4. The quantitative estimate of drug-likeness (QED) is 0.835. The number of aliphatic hydroxyl groups is 1. The van der Waals surface area contributed by atoms with Crippen molar-refractivity contribution in [2.75, 3.05) is 0 Å². The van der Waals surface area contributed by atoms with Gasteiger partial charge in [0.05, 0.1) is 18.1 Å². The lowest BCUT2D eigenvalue weighted by Crippen LogP contribution is -2.35. The molecule has 0 saturated heterocycles. The van der Waals surface area contributed by atoms with E-state index in [9.17, 15) is 9.90 Å². The predicted molar refractivity (Wildman–Crippen MR) is 66.8 cm³/mol. The van der Waals surface area contributed by atoms with E-state index in [0.29, 0.717) is 18.6 Å². The Bertz CT molecular complexity index is 383. The maximum absolute atomic E-state index is 12.3. The number of allylic oxidation sites excluding steroid dienone is 1. The summed E-state index contributed by atoms with van der Waals surface area (Å²) < 4.78 is 11.3. The van der Waals surface area contributed by atoms with Crippen LogP contribution >= 0.6 is 0 Å². The van der Waals surface area contributed by atoms with Crippen molar-refractivity contribution in [1.29, 1.82) is 0 Å². The SMILES string of the molecule is CC(C)OC1=C(OC(C)C)[C@]2(O)CCC[C@@H]2C1=O. The molecule has 0 aliphatic heterocycles. The van der Waals surface area contributed by atoms with Gasteiger partial charge >= 0.3 is 0 Å². The number of rotatable bonds is 4. The number of carbonyl (C=O) groups is 1. The van der Waals surface area contributed by atoms with Crippen LogP contribution < -0.4 is 0 Å². The molecule has 0 aromatic carbocycles. The molecule has 0 spiro atoms. The van der Waals surface area contributed by atoms with E-state index in [1.807, 2.05) is 27.7 Å². The summed E-state index contributed by atoms with van der Waals surface area (Å²) >= 11 is 0. The molecule has 2 rings (SSSR count). The maximum atomic E-state index is 12.3. The van der Waals surface area contributed by atoms with Crippen molar-refractivity contribution in [3.05, 3.63) is 11.5 Å². The second-order valence-electron chi connectivity index (χ2n) is 5.72. The van der Waals surface area contributed by atoms with E-state index in [-0.39, 0.29) is 29.7 Å². The molecule has 2 atom stereocenters. The smallest absolute Gasteiger partial charge is 0.207 e. The summed E-state index contributed by atoms with van der Waals surface area (Å²) in [4.78, 5) is 12.3. The highest BCUT2D eigenvalue weighted by atomic mass is 16.5. The van der Waals surface area contributed by atoms with Crippen LogP contribution in [0.4, 0.5) is 0 Å². The molecule has 0 amide bonds. The fraction of sp³-hybridized carbons (Fsp3) is 0.786. The summed E-state index contributed by atoms with van der Waals surface area (Å²) in [6, 6.07) is 0. The van der Waals surface area contributed by atoms with E-state index >= 15 is 0 Å². The van der Waals surface area contributed by atoms with Crippen LogP contribution in [0.1, 0.15) is 47.0 Å². The Kier molecular flexibility index (Phi) is 3.41. The number of ketones is 1. The fourth-order valence-corrected chi connectivity index (χ4v) is 2.81. The lowest BCUT2D eigenvalue weighted by molar-refractivity contribution is -0.125. The second-order valence-corrected chi connectivity index (χ2v) is 5.72. The molecule has 4 nitrogen and oxygen atoms in total. The van der Waals surface area contributed by atoms with Crippen molar-refractivity contribution in [1.82, 2.24) is 0 Å². The van der Waals surface area contributed by atoms with E-state index in [4.69, 9.17) is 9.47 Å². The van der Waals surface area contributed by atoms with Gasteiger partial charge in [0, 0.05) is 0 Å². The monoisotopic (exact) mass is 254 g/mol. The standard InChI is InChI=1S/C14H22O4/c1-8(2)17-12-11(15)10-6-5-7-14(10,16)13(12)18-9(3)4/h8-10,16H,5-7H2,1-4H3/t10-,14+/m1/s1. The molecule has 4 heteroatoms. The summed E-state index contributed by atoms with van der Waals surface area (Å²) in [6.45, 7) is 7.50. The Balaban J connectivity index is 2.39.